The van der Waals surface area contributed by atoms with Gasteiger partial charge in [0.1, 0.15) is 0 Å². The van der Waals surface area contributed by atoms with E-state index in [-0.39, 0.29) is 23.7 Å². The zero-order valence-electron chi connectivity index (χ0n) is 17.8. The lowest BCUT2D eigenvalue weighted by atomic mass is 9.87. The molecule has 3 aromatic rings. The Bertz CT molecular complexity index is 1060. The second kappa shape index (κ2) is 9.39. The molecular weight excluding hydrogens is 390 g/mol. The number of anilines is 1. The molecule has 31 heavy (non-hydrogen) atoms. The van der Waals surface area contributed by atoms with Crippen molar-refractivity contribution in [2.75, 3.05) is 11.9 Å². The minimum atomic E-state index is -0.541. The van der Waals surface area contributed by atoms with Gasteiger partial charge in [0.25, 0.3) is 5.91 Å². The van der Waals surface area contributed by atoms with Gasteiger partial charge in [0.2, 0.25) is 0 Å². The summed E-state index contributed by atoms with van der Waals surface area (Å²) < 4.78 is 5.16. The van der Waals surface area contributed by atoms with E-state index in [9.17, 15) is 14.4 Å². The molecule has 1 N–H and O–H groups in total. The summed E-state index contributed by atoms with van der Waals surface area (Å²) in [6.07, 6.45) is 0. The fourth-order valence-electron chi connectivity index (χ4n) is 2.94. The lowest BCUT2D eigenvalue weighted by molar-refractivity contribution is 0.0474. The van der Waals surface area contributed by atoms with Gasteiger partial charge in [-0.2, -0.15) is 0 Å². The highest BCUT2D eigenvalue weighted by atomic mass is 16.5. The maximum Gasteiger partial charge on any atom is 0.338 e. The average molecular weight is 415 g/mol. The number of Topliss-reactive ketones (excluding diaryl/α,β-unsaturated/α-hetero) is 1. The van der Waals surface area contributed by atoms with E-state index in [4.69, 9.17) is 4.74 Å². The first-order chi connectivity index (χ1) is 14.7. The number of hydrogen-bond donors (Lipinski definition) is 1. The summed E-state index contributed by atoms with van der Waals surface area (Å²) in [5.41, 5.74) is 3.02. The molecule has 0 spiro atoms. The molecule has 0 unspecified atom stereocenters. The maximum atomic E-state index is 12.4. The van der Waals surface area contributed by atoms with Crippen molar-refractivity contribution in [2.45, 2.75) is 26.2 Å². The summed E-state index contributed by atoms with van der Waals surface area (Å²) in [4.78, 5) is 36.8. The average Bonchev–Trinajstić information content (AvgIpc) is 2.78. The molecule has 0 bridgehead atoms. The minimum absolute atomic E-state index is 0.00880. The van der Waals surface area contributed by atoms with E-state index in [1.165, 1.54) is 0 Å². The van der Waals surface area contributed by atoms with Crippen LogP contribution in [0, 0.1) is 0 Å². The molecule has 0 fully saturated rings. The van der Waals surface area contributed by atoms with Crippen LogP contribution in [0.15, 0.2) is 78.9 Å². The highest BCUT2D eigenvalue weighted by molar-refractivity contribution is 6.05. The summed E-state index contributed by atoms with van der Waals surface area (Å²) in [6.45, 7) is 5.93. The van der Waals surface area contributed by atoms with Gasteiger partial charge < -0.3 is 10.1 Å². The Balaban J connectivity index is 1.54. The van der Waals surface area contributed by atoms with Gasteiger partial charge in [0.15, 0.2) is 12.4 Å². The van der Waals surface area contributed by atoms with E-state index in [2.05, 4.69) is 26.1 Å². The van der Waals surface area contributed by atoms with Crippen LogP contribution < -0.4 is 5.32 Å². The number of ether oxygens (including phenoxy) is 1. The van der Waals surface area contributed by atoms with Crippen LogP contribution in [0.5, 0.6) is 0 Å². The lowest BCUT2D eigenvalue weighted by Gasteiger charge is -2.18. The number of benzene rings is 3. The van der Waals surface area contributed by atoms with Gasteiger partial charge in [-0.15, -0.1) is 0 Å². The normalized spacial score (nSPS) is 10.9. The number of hydrogen-bond acceptors (Lipinski definition) is 4. The molecule has 0 heterocycles. The third-order valence-corrected chi connectivity index (χ3v) is 4.82. The van der Waals surface area contributed by atoms with Crippen LogP contribution in [0.4, 0.5) is 5.69 Å². The lowest BCUT2D eigenvalue weighted by Crippen LogP contribution is -2.15. The van der Waals surface area contributed by atoms with Crippen molar-refractivity contribution in [3.05, 3.63) is 101 Å². The minimum Gasteiger partial charge on any atom is -0.454 e. The van der Waals surface area contributed by atoms with Gasteiger partial charge >= 0.3 is 5.97 Å². The van der Waals surface area contributed by atoms with Crippen molar-refractivity contribution in [1.82, 2.24) is 0 Å². The number of amides is 1. The monoisotopic (exact) mass is 415 g/mol. The molecule has 0 saturated carbocycles. The molecule has 3 rings (SSSR count). The molecule has 0 atom stereocenters. The highest BCUT2D eigenvalue weighted by Gasteiger charge is 2.16. The van der Waals surface area contributed by atoms with Gasteiger partial charge in [-0.05, 0) is 59.5 Å². The van der Waals surface area contributed by atoms with Gasteiger partial charge in [0, 0.05) is 16.8 Å². The van der Waals surface area contributed by atoms with E-state index in [1.54, 1.807) is 60.7 Å². The quantitative estimate of drug-likeness (QED) is 0.439. The summed E-state index contributed by atoms with van der Waals surface area (Å²) >= 11 is 0. The largest absolute Gasteiger partial charge is 0.454 e. The van der Waals surface area contributed by atoms with Crippen molar-refractivity contribution in [3.8, 4) is 0 Å². The molecule has 0 saturated heterocycles. The number of esters is 1. The first-order valence-corrected chi connectivity index (χ1v) is 10.0. The second-order valence-corrected chi connectivity index (χ2v) is 8.22. The summed E-state index contributed by atoms with van der Waals surface area (Å²) in [7, 11) is 0. The Labute approximate surface area is 182 Å². The third kappa shape index (κ3) is 5.89. The van der Waals surface area contributed by atoms with Gasteiger partial charge in [-0.25, -0.2) is 4.79 Å². The zero-order chi connectivity index (χ0) is 22.4. The number of nitrogens with one attached hydrogen (secondary N) is 1. The molecule has 0 radical (unpaired) electrons. The molecule has 158 valence electrons. The van der Waals surface area contributed by atoms with Crippen LogP contribution in [0.2, 0.25) is 0 Å². The first kappa shape index (κ1) is 22.0. The second-order valence-electron chi connectivity index (χ2n) is 8.22. The van der Waals surface area contributed by atoms with Crippen LogP contribution in [0.3, 0.4) is 0 Å². The molecule has 0 aliphatic heterocycles. The van der Waals surface area contributed by atoms with E-state index < -0.39 is 5.97 Å². The Morgan fingerprint density at radius 1 is 0.742 bits per heavy atom. The number of carbonyl (C=O) groups is 3. The van der Waals surface area contributed by atoms with Crippen LogP contribution in [-0.2, 0) is 10.2 Å². The van der Waals surface area contributed by atoms with Crippen molar-refractivity contribution in [2.24, 2.45) is 0 Å². The molecule has 0 aliphatic carbocycles. The molecule has 5 nitrogen and oxygen atoms in total. The van der Waals surface area contributed by atoms with Crippen molar-refractivity contribution >= 4 is 23.3 Å². The molecule has 0 aromatic heterocycles. The Kier molecular flexibility index (Phi) is 6.65. The Morgan fingerprint density at radius 3 is 1.90 bits per heavy atom. The van der Waals surface area contributed by atoms with Crippen molar-refractivity contribution < 1.29 is 19.1 Å². The van der Waals surface area contributed by atoms with Gasteiger partial charge in [0.05, 0.1) is 5.56 Å². The SMILES string of the molecule is CC(C)(C)c1ccc(C(=O)OCC(=O)c2ccc(NC(=O)c3ccccc3)cc2)cc1. The summed E-state index contributed by atoms with van der Waals surface area (Å²) in [5, 5.41) is 2.78. The topological polar surface area (TPSA) is 72.5 Å². The van der Waals surface area contributed by atoms with Gasteiger partial charge in [-0.1, -0.05) is 51.1 Å². The predicted octanol–water partition coefficient (Wildman–Crippen LogP) is 5.28. The molecule has 0 aliphatic rings. The Morgan fingerprint density at radius 2 is 1.32 bits per heavy atom. The van der Waals surface area contributed by atoms with Gasteiger partial charge in [-0.3, -0.25) is 9.59 Å². The van der Waals surface area contributed by atoms with E-state index in [0.29, 0.717) is 22.4 Å². The van der Waals surface area contributed by atoms with Crippen molar-refractivity contribution in [1.29, 1.82) is 0 Å². The fraction of sp³-hybridized carbons (Fsp3) is 0.192. The highest BCUT2D eigenvalue weighted by Crippen LogP contribution is 2.22. The maximum absolute atomic E-state index is 12.4. The number of rotatable bonds is 6. The molecule has 5 heteroatoms. The van der Waals surface area contributed by atoms with Crippen molar-refractivity contribution in [3.63, 3.8) is 0 Å². The zero-order valence-corrected chi connectivity index (χ0v) is 17.8. The van der Waals surface area contributed by atoms with E-state index >= 15 is 0 Å². The van der Waals surface area contributed by atoms with Crippen LogP contribution >= 0.6 is 0 Å². The van der Waals surface area contributed by atoms with Crippen LogP contribution in [-0.4, -0.2) is 24.3 Å². The standard InChI is InChI=1S/C26H25NO4/c1-26(2,3)21-13-9-20(10-14-21)25(30)31-17-23(28)18-11-15-22(16-12-18)27-24(29)19-7-5-4-6-8-19/h4-16H,17H2,1-3H3,(H,27,29). The predicted molar refractivity (Wildman–Crippen MR) is 121 cm³/mol. The molecule has 1 amide bonds. The molecular formula is C26H25NO4. The first-order valence-electron chi connectivity index (χ1n) is 10.0. The number of ketones is 1. The third-order valence-electron chi connectivity index (χ3n) is 4.82. The summed E-state index contributed by atoms with van der Waals surface area (Å²) in [6, 6.07) is 22.5. The fourth-order valence-corrected chi connectivity index (χ4v) is 2.94. The Hall–Kier alpha value is -3.73. The van der Waals surface area contributed by atoms with Crippen LogP contribution in [0.1, 0.15) is 57.4 Å². The number of carbonyl (C=O) groups excluding carboxylic acids is 3. The van der Waals surface area contributed by atoms with E-state index in [1.807, 2.05) is 18.2 Å². The molecule has 3 aromatic carbocycles. The summed E-state index contributed by atoms with van der Waals surface area (Å²) in [5.74, 6) is -1.09. The smallest absolute Gasteiger partial charge is 0.338 e. The van der Waals surface area contributed by atoms with E-state index in [0.717, 1.165) is 5.56 Å². The van der Waals surface area contributed by atoms with Crippen LogP contribution in [0.25, 0.3) is 0 Å².